The van der Waals surface area contributed by atoms with Crippen LogP contribution >= 0.6 is 11.3 Å². The number of nitrogens with one attached hydrogen (secondary N) is 1. The minimum absolute atomic E-state index is 0.595. The summed E-state index contributed by atoms with van der Waals surface area (Å²) in [5.74, 6) is 0.726. The minimum Gasteiger partial charge on any atom is -0.314 e. The van der Waals surface area contributed by atoms with E-state index in [9.17, 15) is 0 Å². The summed E-state index contributed by atoms with van der Waals surface area (Å²) in [5.41, 5.74) is 1.50. The van der Waals surface area contributed by atoms with Crippen molar-refractivity contribution in [2.24, 2.45) is 5.92 Å². The first kappa shape index (κ1) is 13.6. The summed E-state index contributed by atoms with van der Waals surface area (Å²) in [5, 5.41) is 7.41. The fourth-order valence-corrected chi connectivity index (χ4v) is 3.42. The molecule has 0 fully saturated rings. The summed E-state index contributed by atoms with van der Waals surface area (Å²) in [4.78, 5) is 0. The van der Waals surface area contributed by atoms with Gasteiger partial charge in [0, 0.05) is 10.7 Å². The molecule has 0 amide bonds. The predicted molar refractivity (Wildman–Crippen MR) is 82.4 cm³/mol. The highest BCUT2D eigenvalue weighted by Gasteiger charge is 2.16. The summed E-state index contributed by atoms with van der Waals surface area (Å²) in [7, 11) is 0. The standard InChI is InChI=1S/C16H23NS/c1-4-12(3)15(17-5-2)10-13-11-18-16-9-7-6-8-14(13)16/h6-9,11-12,15,17H,4-5,10H2,1-3H3. The molecule has 1 N–H and O–H groups in total. The SMILES string of the molecule is CCNC(Cc1csc2ccccc12)C(C)CC. The van der Waals surface area contributed by atoms with Crippen molar-refractivity contribution in [2.45, 2.75) is 39.7 Å². The molecule has 0 spiro atoms. The molecule has 98 valence electrons. The molecule has 2 aromatic rings. The van der Waals surface area contributed by atoms with E-state index in [1.807, 2.05) is 11.3 Å². The number of hydrogen-bond acceptors (Lipinski definition) is 2. The van der Waals surface area contributed by atoms with E-state index in [0.717, 1.165) is 18.9 Å². The van der Waals surface area contributed by atoms with E-state index in [4.69, 9.17) is 0 Å². The van der Waals surface area contributed by atoms with Gasteiger partial charge in [-0.3, -0.25) is 0 Å². The molecule has 1 nitrogen and oxygen atoms in total. The molecule has 0 aliphatic rings. The number of fused-ring (bicyclic) bond motifs is 1. The zero-order valence-corrected chi connectivity index (χ0v) is 12.4. The van der Waals surface area contributed by atoms with Crippen LogP contribution in [0.1, 0.15) is 32.8 Å². The maximum absolute atomic E-state index is 3.64. The van der Waals surface area contributed by atoms with E-state index in [1.54, 1.807) is 0 Å². The minimum atomic E-state index is 0.595. The van der Waals surface area contributed by atoms with Gasteiger partial charge in [0.2, 0.25) is 0 Å². The van der Waals surface area contributed by atoms with E-state index in [0.29, 0.717) is 6.04 Å². The monoisotopic (exact) mass is 261 g/mol. The molecule has 0 saturated heterocycles. The normalized spacial score (nSPS) is 14.8. The van der Waals surface area contributed by atoms with Crippen molar-refractivity contribution in [3.8, 4) is 0 Å². The molecular weight excluding hydrogens is 238 g/mol. The molecule has 2 atom stereocenters. The van der Waals surface area contributed by atoms with Gasteiger partial charge in [0.15, 0.2) is 0 Å². The van der Waals surface area contributed by atoms with Crippen molar-refractivity contribution in [2.75, 3.05) is 6.54 Å². The van der Waals surface area contributed by atoms with E-state index in [2.05, 4.69) is 55.7 Å². The Labute approximate surface area is 114 Å². The van der Waals surface area contributed by atoms with Gasteiger partial charge in [0.25, 0.3) is 0 Å². The van der Waals surface area contributed by atoms with Gasteiger partial charge in [-0.15, -0.1) is 11.3 Å². The van der Waals surface area contributed by atoms with E-state index >= 15 is 0 Å². The van der Waals surface area contributed by atoms with Crippen molar-refractivity contribution in [3.63, 3.8) is 0 Å². The topological polar surface area (TPSA) is 12.0 Å². The van der Waals surface area contributed by atoms with Crippen LogP contribution in [0, 0.1) is 5.92 Å². The van der Waals surface area contributed by atoms with Crippen LogP contribution in [0.3, 0.4) is 0 Å². The molecule has 0 radical (unpaired) electrons. The maximum atomic E-state index is 3.64. The summed E-state index contributed by atoms with van der Waals surface area (Å²) >= 11 is 1.87. The quantitative estimate of drug-likeness (QED) is 0.809. The van der Waals surface area contributed by atoms with Crippen molar-refractivity contribution in [3.05, 3.63) is 35.2 Å². The van der Waals surface area contributed by atoms with Crippen LogP contribution in [-0.4, -0.2) is 12.6 Å². The number of benzene rings is 1. The summed E-state index contributed by atoms with van der Waals surface area (Å²) in [6.07, 6.45) is 2.38. The largest absolute Gasteiger partial charge is 0.314 e. The fraction of sp³-hybridized carbons (Fsp3) is 0.500. The van der Waals surface area contributed by atoms with Crippen LogP contribution < -0.4 is 5.32 Å². The molecule has 0 bridgehead atoms. The summed E-state index contributed by atoms with van der Waals surface area (Å²) in [6, 6.07) is 9.33. The van der Waals surface area contributed by atoms with Crippen LogP contribution in [0.5, 0.6) is 0 Å². The summed E-state index contributed by atoms with van der Waals surface area (Å²) < 4.78 is 1.41. The van der Waals surface area contributed by atoms with Crippen LogP contribution in [0.25, 0.3) is 10.1 Å². The van der Waals surface area contributed by atoms with Crippen LogP contribution in [-0.2, 0) is 6.42 Å². The molecule has 0 saturated carbocycles. The van der Waals surface area contributed by atoms with Crippen molar-refractivity contribution >= 4 is 21.4 Å². The average Bonchev–Trinajstić information content (AvgIpc) is 2.81. The Morgan fingerprint density at radius 3 is 2.72 bits per heavy atom. The van der Waals surface area contributed by atoms with E-state index in [-0.39, 0.29) is 0 Å². The molecule has 18 heavy (non-hydrogen) atoms. The van der Waals surface area contributed by atoms with Gasteiger partial charge in [0.05, 0.1) is 0 Å². The first-order chi connectivity index (χ1) is 8.76. The second-order valence-electron chi connectivity index (χ2n) is 5.01. The lowest BCUT2D eigenvalue weighted by Crippen LogP contribution is -2.36. The molecule has 1 aromatic carbocycles. The zero-order valence-electron chi connectivity index (χ0n) is 11.6. The van der Waals surface area contributed by atoms with E-state index < -0.39 is 0 Å². The first-order valence-electron chi connectivity index (χ1n) is 6.94. The van der Waals surface area contributed by atoms with Gasteiger partial charge in [-0.2, -0.15) is 0 Å². The highest BCUT2D eigenvalue weighted by Crippen LogP contribution is 2.27. The van der Waals surface area contributed by atoms with Crippen LogP contribution in [0.15, 0.2) is 29.6 Å². The third-order valence-corrected chi connectivity index (χ3v) is 4.81. The Hall–Kier alpha value is -0.860. The van der Waals surface area contributed by atoms with Crippen molar-refractivity contribution < 1.29 is 0 Å². The Balaban J connectivity index is 2.20. The average molecular weight is 261 g/mol. The van der Waals surface area contributed by atoms with E-state index in [1.165, 1.54) is 22.1 Å². The predicted octanol–water partition coefficient (Wildman–Crippen LogP) is 4.47. The smallest absolute Gasteiger partial charge is 0.0345 e. The summed E-state index contributed by atoms with van der Waals surface area (Å²) in [6.45, 7) is 7.88. The first-order valence-corrected chi connectivity index (χ1v) is 7.82. The Morgan fingerprint density at radius 2 is 2.00 bits per heavy atom. The Morgan fingerprint density at radius 1 is 1.22 bits per heavy atom. The molecule has 2 unspecified atom stereocenters. The Bertz CT molecular complexity index is 489. The Kier molecular flexibility index (Phi) is 4.79. The highest BCUT2D eigenvalue weighted by atomic mass is 32.1. The molecule has 0 aliphatic heterocycles. The fourth-order valence-electron chi connectivity index (χ4n) is 2.45. The number of thiophene rings is 1. The molecule has 2 heteroatoms. The van der Waals surface area contributed by atoms with Gasteiger partial charge < -0.3 is 5.32 Å². The van der Waals surface area contributed by atoms with Gasteiger partial charge in [-0.25, -0.2) is 0 Å². The number of rotatable bonds is 6. The second-order valence-corrected chi connectivity index (χ2v) is 5.92. The number of likely N-dealkylation sites (N-methyl/N-ethyl adjacent to an activating group) is 1. The van der Waals surface area contributed by atoms with Crippen molar-refractivity contribution in [1.82, 2.24) is 5.32 Å². The van der Waals surface area contributed by atoms with Gasteiger partial charge in [-0.05, 0) is 41.3 Å². The lowest BCUT2D eigenvalue weighted by atomic mass is 9.93. The third kappa shape index (κ3) is 2.93. The van der Waals surface area contributed by atoms with Gasteiger partial charge in [-0.1, -0.05) is 45.4 Å². The lowest BCUT2D eigenvalue weighted by molar-refractivity contribution is 0.372. The second kappa shape index (κ2) is 6.35. The van der Waals surface area contributed by atoms with Crippen LogP contribution in [0.4, 0.5) is 0 Å². The van der Waals surface area contributed by atoms with Gasteiger partial charge >= 0.3 is 0 Å². The molecule has 2 rings (SSSR count). The lowest BCUT2D eigenvalue weighted by Gasteiger charge is -2.23. The maximum Gasteiger partial charge on any atom is 0.0345 e. The molecule has 0 aliphatic carbocycles. The zero-order chi connectivity index (χ0) is 13.0. The molecular formula is C16H23NS. The van der Waals surface area contributed by atoms with Gasteiger partial charge in [0.1, 0.15) is 0 Å². The van der Waals surface area contributed by atoms with Crippen LogP contribution in [0.2, 0.25) is 0 Å². The molecule has 1 heterocycles. The molecule has 1 aromatic heterocycles. The number of hydrogen-bond donors (Lipinski definition) is 1. The third-order valence-electron chi connectivity index (χ3n) is 3.80. The van der Waals surface area contributed by atoms with Crippen molar-refractivity contribution in [1.29, 1.82) is 0 Å². The highest BCUT2D eigenvalue weighted by molar-refractivity contribution is 7.17.